The SMILES string of the molecule is CCOC(=O)c1c[nH]c(=O)c([C@H](CC(=O)NCc2ccc(Cl)c(Cl)c2)c2ccc(OC)c(O)c2)c1O. The maximum absolute atomic E-state index is 12.9. The highest BCUT2D eigenvalue weighted by atomic mass is 35.5. The van der Waals surface area contributed by atoms with Gasteiger partial charge < -0.3 is 30.0 Å². The molecule has 0 aliphatic heterocycles. The molecule has 0 unspecified atom stereocenters. The largest absolute Gasteiger partial charge is 0.506 e. The number of methoxy groups -OCH3 is 1. The van der Waals surface area contributed by atoms with Gasteiger partial charge in [-0.25, -0.2) is 4.79 Å². The zero-order valence-electron chi connectivity index (χ0n) is 19.4. The van der Waals surface area contributed by atoms with Gasteiger partial charge in [0.25, 0.3) is 5.56 Å². The van der Waals surface area contributed by atoms with Crippen molar-refractivity contribution < 1.29 is 29.3 Å². The molecule has 11 heteroatoms. The highest BCUT2D eigenvalue weighted by molar-refractivity contribution is 6.42. The van der Waals surface area contributed by atoms with E-state index in [1.807, 2.05) is 0 Å². The summed E-state index contributed by atoms with van der Waals surface area (Å²) in [6, 6.07) is 9.25. The van der Waals surface area contributed by atoms with Gasteiger partial charge in [-0.1, -0.05) is 35.3 Å². The first-order valence-corrected chi connectivity index (χ1v) is 11.6. The summed E-state index contributed by atoms with van der Waals surface area (Å²) in [7, 11) is 1.38. The maximum atomic E-state index is 12.9. The molecule has 0 bridgehead atoms. The fourth-order valence-corrected chi connectivity index (χ4v) is 3.96. The Labute approximate surface area is 216 Å². The monoisotopic (exact) mass is 534 g/mol. The van der Waals surface area contributed by atoms with Crippen LogP contribution in [0.4, 0.5) is 0 Å². The Bertz CT molecular complexity index is 1340. The van der Waals surface area contributed by atoms with Crippen LogP contribution < -0.4 is 15.6 Å². The van der Waals surface area contributed by atoms with Gasteiger partial charge >= 0.3 is 5.97 Å². The number of aromatic nitrogens is 1. The van der Waals surface area contributed by atoms with E-state index in [1.165, 1.54) is 19.2 Å². The molecule has 0 aliphatic carbocycles. The highest BCUT2D eigenvalue weighted by Gasteiger charge is 2.28. The number of phenols is 1. The minimum absolute atomic E-state index is 0.0552. The summed E-state index contributed by atoms with van der Waals surface area (Å²) >= 11 is 12.0. The first-order chi connectivity index (χ1) is 17.2. The predicted octanol–water partition coefficient (Wildman–Crippen LogP) is 4.12. The van der Waals surface area contributed by atoms with Crippen molar-refractivity contribution in [3.8, 4) is 17.2 Å². The molecule has 1 aromatic heterocycles. The van der Waals surface area contributed by atoms with Crippen molar-refractivity contribution >= 4 is 35.1 Å². The Morgan fingerprint density at radius 2 is 1.86 bits per heavy atom. The lowest BCUT2D eigenvalue weighted by atomic mass is 9.87. The van der Waals surface area contributed by atoms with E-state index in [0.29, 0.717) is 21.2 Å². The molecule has 2 aromatic carbocycles. The van der Waals surface area contributed by atoms with Gasteiger partial charge in [0.05, 0.1) is 29.3 Å². The maximum Gasteiger partial charge on any atom is 0.343 e. The number of carbonyl (C=O) groups excluding carboxylic acids is 2. The van der Waals surface area contributed by atoms with Crippen LogP contribution in [0.15, 0.2) is 47.4 Å². The van der Waals surface area contributed by atoms with Crippen LogP contribution in [0.5, 0.6) is 17.2 Å². The Morgan fingerprint density at radius 3 is 2.50 bits per heavy atom. The number of aromatic hydroxyl groups is 2. The van der Waals surface area contributed by atoms with Gasteiger partial charge in [-0.05, 0) is 42.3 Å². The lowest BCUT2D eigenvalue weighted by Gasteiger charge is -2.20. The van der Waals surface area contributed by atoms with E-state index in [9.17, 15) is 24.6 Å². The third kappa shape index (κ3) is 6.10. The molecule has 3 rings (SSSR count). The Hall–Kier alpha value is -3.69. The minimum Gasteiger partial charge on any atom is -0.506 e. The second-order valence-corrected chi connectivity index (χ2v) is 8.54. The zero-order chi connectivity index (χ0) is 26.4. The highest BCUT2D eigenvalue weighted by Crippen LogP contribution is 2.37. The average Bonchev–Trinajstić information content (AvgIpc) is 2.84. The Morgan fingerprint density at radius 1 is 1.11 bits per heavy atom. The fourth-order valence-electron chi connectivity index (χ4n) is 3.64. The summed E-state index contributed by atoms with van der Waals surface area (Å²) in [4.78, 5) is 40.5. The van der Waals surface area contributed by atoms with Crippen LogP contribution in [0.25, 0.3) is 0 Å². The summed E-state index contributed by atoms with van der Waals surface area (Å²) in [5, 5.41) is 24.6. The van der Waals surface area contributed by atoms with E-state index in [4.69, 9.17) is 32.7 Å². The van der Waals surface area contributed by atoms with E-state index >= 15 is 0 Å². The van der Waals surface area contributed by atoms with Gasteiger partial charge in [0.1, 0.15) is 11.3 Å². The fraction of sp³-hybridized carbons (Fsp3) is 0.240. The molecular weight excluding hydrogens is 511 g/mol. The summed E-state index contributed by atoms with van der Waals surface area (Å²) in [6.45, 7) is 1.78. The van der Waals surface area contributed by atoms with Gasteiger partial charge in [-0.15, -0.1) is 0 Å². The van der Waals surface area contributed by atoms with E-state index in [-0.39, 0.29) is 42.2 Å². The molecule has 9 nitrogen and oxygen atoms in total. The van der Waals surface area contributed by atoms with Crippen LogP contribution in [0, 0.1) is 0 Å². The number of nitrogens with one attached hydrogen (secondary N) is 2. The van der Waals surface area contributed by atoms with Crippen LogP contribution >= 0.6 is 23.2 Å². The number of phenolic OH excluding ortho intramolecular Hbond substituents is 1. The molecule has 0 saturated carbocycles. The van der Waals surface area contributed by atoms with Crippen molar-refractivity contribution in [3.05, 3.63) is 85.2 Å². The number of amides is 1. The number of pyridine rings is 1. The summed E-state index contributed by atoms with van der Waals surface area (Å²) in [6.07, 6.45) is 0.752. The molecule has 1 amide bonds. The number of hydrogen-bond donors (Lipinski definition) is 4. The zero-order valence-corrected chi connectivity index (χ0v) is 20.9. The van der Waals surface area contributed by atoms with Crippen LogP contribution in [0.3, 0.4) is 0 Å². The lowest BCUT2D eigenvalue weighted by Crippen LogP contribution is -2.27. The number of H-pyrrole nitrogens is 1. The predicted molar refractivity (Wildman–Crippen MR) is 134 cm³/mol. The normalized spacial score (nSPS) is 11.6. The number of carbonyl (C=O) groups is 2. The van der Waals surface area contributed by atoms with Crippen molar-refractivity contribution in [2.75, 3.05) is 13.7 Å². The van der Waals surface area contributed by atoms with Crippen molar-refractivity contribution in [2.45, 2.75) is 25.8 Å². The van der Waals surface area contributed by atoms with E-state index in [2.05, 4.69) is 10.3 Å². The van der Waals surface area contributed by atoms with Crippen LogP contribution in [-0.4, -0.2) is 40.8 Å². The van der Waals surface area contributed by atoms with Gasteiger partial charge in [-0.2, -0.15) is 0 Å². The molecule has 0 spiro atoms. The number of hydrogen-bond acceptors (Lipinski definition) is 7. The number of ether oxygens (including phenoxy) is 2. The number of rotatable bonds is 9. The van der Waals surface area contributed by atoms with Gasteiger partial charge in [0.15, 0.2) is 11.5 Å². The second kappa shape index (κ2) is 11.8. The van der Waals surface area contributed by atoms with Crippen LogP contribution in [0.1, 0.15) is 46.3 Å². The molecule has 3 aromatic rings. The minimum atomic E-state index is -1.03. The molecular formula is C25H24Cl2N2O7. The topological polar surface area (TPSA) is 138 Å². The third-order valence-electron chi connectivity index (χ3n) is 5.41. The average molecular weight is 535 g/mol. The molecule has 0 aliphatic rings. The molecule has 1 atom stereocenters. The number of esters is 1. The molecule has 0 saturated heterocycles. The standard InChI is InChI=1S/C25H24Cl2N2O7/c1-3-36-25(34)16-12-29-24(33)22(23(16)32)15(14-5-7-20(35-2)19(30)9-14)10-21(31)28-11-13-4-6-17(26)18(27)8-13/h4-9,12,15,30H,3,10-11H2,1-2H3,(H,28,31)(H2,29,32,33)/t15-/m1/s1. The first kappa shape index (κ1) is 26.9. The summed E-state index contributed by atoms with van der Waals surface area (Å²) in [5.74, 6) is -3.01. The first-order valence-electron chi connectivity index (χ1n) is 10.8. The van der Waals surface area contributed by atoms with Crippen molar-refractivity contribution in [2.24, 2.45) is 0 Å². The Kier molecular flexibility index (Phi) is 8.84. The summed E-state index contributed by atoms with van der Waals surface area (Å²) in [5.41, 5.74) is -0.167. The van der Waals surface area contributed by atoms with E-state index < -0.39 is 29.1 Å². The van der Waals surface area contributed by atoms with Crippen molar-refractivity contribution in [1.29, 1.82) is 0 Å². The molecule has 0 radical (unpaired) electrons. The van der Waals surface area contributed by atoms with E-state index in [1.54, 1.807) is 31.2 Å². The quantitative estimate of drug-likeness (QED) is 0.303. The van der Waals surface area contributed by atoms with Crippen LogP contribution in [0.2, 0.25) is 10.0 Å². The van der Waals surface area contributed by atoms with Gasteiger partial charge in [0.2, 0.25) is 5.91 Å². The second-order valence-electron chi connectivity index (χ2n) is 7.73. The van der Waals surface area contributed by atoms with Gasteiger partial charge in [-0.3, -0.25) is 9.59 Å². The van der Waals surface area contributed by atoms with Crippen molar-refractivity contribution in [1.82, 2.24) is 10.3 Å². The number of benzene rings is 2. The molecule has 190 valence electrons. The summed E-state index contributed by atoms with van der Waals surface area (Å²) < 4.78 is 10.0. The smallest absolute Gasteiger partial charge is 0.343 e. The molecule has 1 heterocycles. The van der Waals surface area contributed by atoms with Crippen molar-refractivity contribution in [3.63, 3.8) is 0 Å². The van der Waals surface area contributed by atoms with E-state index in [0.717, 1.165) is 6.20 Å². The van der Waals surface area contributed by atoms with Gasteiger partial charge in [0, 0.05) is 25.1 Å². The number of halogens is 2. The number of aromatic amines is 1. The van der Waals surface area contributed by atoms with Crippen LogP contribution in [-0.2, 0) is 16.1 Å². The molecule has 0 fully saturated rings. The lowest BCUT2D eigenvalue weighted by molar-refractivity contribution is -0.121. The Balaban J connectivity index is 1.99. The molecule has 36 heavy (non-hydrogen) atoms. The third-order valence-corrected chi connectivity index (χ3v) is 6.15. The molecule has 4 N–H and O–H groups in total.